The number of nitrogens with one attached hydrogen (secondary N) is 1. The average Bonchev–Trinajstić information content (AvgIpc) is 2.63. The number of benzene rings is 1. The van der Waals surface area contributed by atoms with Crippen molar-refractivity contribution in [3.8, 4) is 11.1 Å². The number of ether oxygens (including phenoxy) is 1. The number of pyridine rings is 1. The van der Waals surface area contributed by atoms with E-state index in [1.807, 2.05) is 12.1 Å². The summed E-state index contributed by atoms with van der Waals surface area (Å²) in [4.78, 5) is 27.2. The van der Waals surface area contributed by atoms with Gasteiger partial charge >= 0.3 is 5.97 Å². The van der Waals surface area contributed by atoms with E-state index in [-0.39, 0.29) is 17.0 Å². The fraction of sp³-hybridized carbons (Fsp3) is 0.350. The molecule has 0 bridgehead atoms. The summed E-state index contributed by atoms with van der Waals surface area (Å²) in [6, 6.07) is 10.4. The Morgan fingerprint density at radius 1 is 1.19 bits per heavy atom. The third-order valence-corrected chi connectivity index (χ3v) is 4.95. The maximum absolute atomic E-state index is 12.4. The fourth-order valence-electron chi connectivity index (χ4n) is 3.27. The van der Waals surface area contributed by atoms with Gasteiger partial charge < -0.3 is 15.2 Å². The van der Waals surface area contributed by atoms with Gasteiger partial charge in [-0.3, -0.25) is 4.79 Å². The van der Waals surface area contributed by atoms with Gasteiger partial charge in [-0.15, -0.1) is 0 Å². The molecule has 0 radical (unpaired) electrons. The van der Waals surface area contributed by atoms with Gasteiger partial charge in [-0.05, 0) is 48.2 Å². The Hall–Kier alpha value is -2.73. The number of aromatic nitrogens is 1. The molecule has 0 unspecified atom stereocenters. The smallest absolute Gasteiger partial charge is 0.354 e. The van der Waals surface area contributed by atoms with E-state index < -0.39 is 5.97 Å². The lowest BCUT2D eigenvalue weighted by Crippen LogP contribution is -2.45. The van der Waals surface area contributed by atoms with Gasteiger partial charge in [0.05, 0.1) is 6.61 Å². The minimum Gasteiger partial charge on any atom is -0.477 e. The standard InChI is InChI=1S/C20H22N2O4/c1-26-13-20(8-2-9-20)12-22-18(23)15-5-3-14(4-6-15)16-7-10-21-17(11-16)19(24)25/h3-7,10-11H,2,8-9,12-13H2,1H3,(H,22,23)(H,24,25). The second-order valence-corrected chi connectivity index (χ2v) is 6.78. The lowest BCUT2D eigenvalue weighted by atomic mass is 9.69. The van der Waals surface area contributed by atoms with E-state index in [1.54, 1.807) is 25.3 Å². The number of hydrogen-bond donors (Lipinski definition) is 2. The Morgan fingerprint density at radius 3 is 2.50 bits per heavy atom. The molecule has 2 aromatic rings. The van der Waals surface area contributed by atoms with Crippen LogP contribution in [0.15, 0.2) is 42.6 Å². The summed E-state index contributed by atoms with van der Waals surface area (Å²) in [5.74, 6) is -1.18. The van der Waals surface area contributed by atoms with Crippen LogP contribution in [0.3, 0.4) is 0 Å². The maximum atomic E-state index is 12.4. The normalized spacial score (nSPS) is 15.1. The summed E-state index contributed by atoms with van der Waals surface area (Å²) in [6.07, 6.45) is 4.80. The van der Waals surface area contributed by atoms with E-state index >= 15 is 0 Å². The minimum atomic E-state index is -1.07. The number of hydrogen-bond acceptors (Lipinski definition) is 4. The van der Waals surface area contributed by atoms with Gasteiger partial charge in [0.2, 0.25) is 0 Å². The Bertz CT molecular complexity index is 798. The van der Waals surface area contributed by atoms with Crippen LogP contribution in [0.25, 0.3) is 11.1 Å². The molecule has 6 heteroatoms. The molecule has 0 saturated heterocycles. The van der Waals surface area contributed by atoms with Crippen molar-refractivity contribution in [2.75, 3.05) is 20.3 Å². The van der Waals surface area contributed by atoms with Crippen LogP contribution < -0.4 is 5.32 Å². The zero-order valence-corrected chi connectivity index (χ0v) is 14.7. The van der Waals surface area contributed by atoms with Crippen LogP contribution in [0.4, 0.5) is 0 Å². The number of nitrogens with zero attached hydrogens (tertiary/aromatic N) is 1. The van der Waals surface area contributed by atoms with Crippen molar-refractivity contribution >= 4 is 11.9 Å². The van der Waals surface area contributed by atoms with E-state index in [0.29, 0.717) is 18.7 Å². The molecule has 1 aromatic heterocycles. The van der Waals surface area contributed by atoms with E-state index in [1.165, 1.54) is 18.7 Å². The molecule has 1 aliphatic rings. The monoisotopic (exact) mass is 354 g/mol. The first-order chi connectivity index (χ1) is 12.5. The first kappa shape index (κ1) is 18.1. The summed E-state index contributed by atoms with van der Waals surface area (Å²) in [7, 11) is 1.69. The highest BCUT2D eigenvalue weighted by molar-refractivity contribution is 5.94. The molecule has 1 fully saturated rings. The van der Waals surface area contributed by atoms with Crippen molar-refractivity contribution < 1.29 is 19.4 Å². The highest BCUT2D eigenvalue weighted by Gasteiger charge is 2.37. The molecule has 1 aliphatic carbocycles. The van der Waals surface area contributed by atoms with Gasteiger partial charge in [0.25, 0.3) is 5.91 Å². The second kappa shape index (κ2) is 7.66. The number of methoxy groups -OCH3 is 1. The van der Waals surface area contributed by atoms with Crippen molar-refractivity contribution in [3.05, 3.63) is 53.9 Å². The summed E-state index contributed by atoms with van der Waals surface area (Å²) < 4.78 is 5.28. The minimum absolute atomic E-state index is 0.00624. The van der Waals surface area contributed by atoms with Crippen LogP contribution >= 0.6 is 0 Å². The van der Waals surface area contributed by atoms with E-state index in [4.69, 9.17) is 9.84 Å². The molecule has 6 nitrogen and oxygen atoms in total. The number of carbonyl (C=O) groups is 2. The van der Waals surface area contributed by atoms with Crippen LogP contribution in [0.1, 0.15) is 40.1 Å². The molecule has 1 amide bonds. The van der Waals surface area contributed by atoms with Gasteiger partial charge in [0, 0.05) is 30.8 Å². The fourth-order valence-corrected chi connectivity index (χ4v) is 3.27. The van der Waals surface area contributed by atoms with Gasteiger partial charge in [-0.1, -0.05) is 18.6 Å². The number of aromatic carboxylic acids is 1. The summed E-state index contributed by atoms with van der Waals surface area (Å²) in [5.41, 5.74) is 2.23. The molecule has 136 valence electrons. The van der Waals surface area contributed by atoms with Crippen LogP contribution in [-0.4, -0.2) is 42.2 Å². The summed E-state index contributed by atoms with van der Waals surface area (Å²) in [5, 5.41) is 12.0. The molecular weight excluding hydrogens is 332 g/mol. The molecule has 0 atom stereocenters. The van der Waals surface area contributed by atoms with Crippen LogP contribution in [0.2, 0.25) is 0 Å². The van der Waals surface area contributed by atoms with Crippen molar-refractivity contribution in [1.29, 1.82) is 0 Å². The predicted molar refractivity (Wildman–Crippen MR) is 97.1 cm³/mol. The van der Waals surface area contributed by atoms with Crippen molar-refractivity contribution in [2.45, 2.75) is 19.3 Å². The molecule has 0 spiro atoms. The zero-order valence-electron chi connectivity index (χ0n) is 14.7. The van der Waals surface area contributed by atoms with E-state index in [2.05, 4.69) is 10.3 Å². The van der Waals surface area contributed by atoms with Crippen molar-refractivity contribution in [2.24, 2.45) is 5.41 Å². The average molecular weight is 354 g/mol. The molecule has 1 saturated carbocycles. The Balaban J connectivity index is 1.66. The lowest BCUT2D eigenvalue weighted by molar-refractivity contribution is 0.0180. The third-order valence-electron chi connectivity index (χ3n) is 4.95. The summed E-state index contributed by atoms with van der Waals surface area (Å²) >= 11 is 0. The number of carbonyl (C=O) groups excluding carboxylic acids is 1. The molecular formula is C20H22N2O4. The van der Waals surface area contributed by atoms with Crippen LogP contribution in [0.5, 0.6) is 0 Å². The molecule has 26 heavy (non-hydrogen) atoms. The first-order valence-corrected chi connectivity index (χ1v) is 8.60. The third kappa shape index (κ3) is 3.91. The predicted octanol–water partition coefficient (Wildman–Crippen LogP) is 2.99. The highest BCUT2D eigenvalue weighted by atomic mass is 16.5. The number of rotatable bonds is 7. The van der Waals surface area contributed by atoms with Crippen LogP contribution in [-0.2, 0) is 4.74 Å². The summed E-state index contributed by atoms with van der Waals surface area (Å²) in [6.45, 7) is 1.29. The number of amides is 1. The molecule has 1 aromatic carbocycles. The van der Waals surface area contributed by atoms with Crippen LogP contribution in [0, 0.1) is 5.41 Å². The maximum Gasteiger partial charge on any atom is 0.354 e. The molecule has 3 rings (SSSR count). The van der Waals surface area contributed by atoms with Gasteiger partial charge in [0.15, 0.2) is 0 Å². The lowest BCUT2D eigenvalue weighted by Gasteiger charge is -2.41. The quantitative estimate of drug-likeness (QED) is 0.798. The molecule has 1 heterocycles. The SMILES string of the molecule is COCC1(CNC(=O)c2ccc(-c3ccnc(C(=O)O)c3)cc2)CCC1. The largest absolute Gasteiger partial charge is 0.477 e. The van der Waals surface area contributed by atoms with Crippen molar-refractivity contribution in [1.82, 2.24) is 10.3 Å². The van der Waals surface area contributed by atoms with Gasteiger partial charge in [-0.25, -0.2) is 9.78 Å². The molecule has 2 N–H and O–H groups in total. The second-order valence-electron chi connectivity index (χ2n) is 6.78. The van der Waals surface area contributed by atoms with Gasteiger partial charge in [0.1, 0.15) is 5.69 Å². The first-order valence-electron chi connectivity index (χ1n) is 8.60. The van der Waals surface area contributed by atoms with Gasteiger partial charge in [-0.2, -0.15) is 0 Å². The van der Waals surface area contributed by atoms with E-state index in [0.717, 1.165) is 24.0 Å². The Kier molecular flexibility index (Phi) is 5.32. The topological polar surface area (TPSA) is 88.5 Å². The van der Waals surface area contributed by atoms with Crippen molar-refractivity contribution in [3.63, 3.8) is 0 Å². The number of carboxylic acid groups (broad SMARTS) is 1. The molecule has 0 aliphatic heterocycles. The van der Waals surface area contributed by atoms with E-state index in [9.17, 15) is 9.59 Å². The zero-order chi connectivity index (χ0) is 18.6. The Morgan fingerprint density at radius 2 is 1.92 bits per heavy atom. The Labute approximate surface area is 152 Å². The number of carboxylic acids is 1. The highest BCUT2D eigenvalue weighted by Crippen LogP contribution is 2.40.